The Kier molecular flexibility index (Phi) is 7.23. The van der Waals surface area contributed by atoms with Gasteiger partial charge in [-0.15, -0.1) is 0 Å². The van der Waals surface area contributed by atoms with E-state index in [1.165, 1.54) is 13.2 Å². The summed E-state index contributed by atoms with van der Waals surface area (Å²) in [5.74, 6) is -2.89. The van der Waals surface area contributed by atoms with Crippen LogP contribution in [-0.4, -0.2) is 64.1 Å². The molecule has 0 spiro atoms. The van der Waals surface area contributed by atoms with Gasteiger partial charge < -0.3 is 20.1 Å². The predicted octanol–water partition coefficient (Wildman–Crippen LogP) is 3.11. The van der Waals surface area contributed by atoms with Gasteiger partial charge in [-0.1, -0.05) is 40.2 Å². The summed E-state index contributed by atoms with van der Waals surface area (Å²) in [6, 6.07) is 0. The number of fused-ring (bicyclic) bond motifs is 4. The first-order valence-corrected chi connectivity index (χ1v) is 14.1. The third kappa shape index (κ3) is 3.88. The van der Waals surface area contributed by atoms with Crippen molar-refractivity contribution in [3.63, 3.8) is 0 Å². The Labute approximate surface area is 230 Å². The lowest BCUT2D eigenvalue weighted by atomic mass is 9.42. The number of methoxy groups -OCH3 is 1. The van der Waals surface area contributed by atoms with Crippen LogP contribution in [0.4, 0.5) is 0 Å². The van der Waals surface area contributed by atoms with Crippen molar-refractivity contribution in [1.29, 1.82) is 0 Å². The summed E-state index contributed by atoms with van der Waals surface area (Å²) in [5, 5.41) is 34.2. The summed E-state index contributed by atoms with van der Waals surface area (Å²) < 4.78 is 4.71. The van der Waals surface area contributed by atoms with Crippen LogP contribution in [-0.2, 0) is 23.9 Å². The minimum Gasteiger partial charge on any atom is -0.469 e. The molecule has 216 valence electrons. The molecule has 0 saturated heterocycles. The topological polar surface area (TPSA) is 138 Å². The molecule has 39 heavy (non-hydrogen) atoms. The maximum Gasteiger partial charge on any atom is 0.308 e. The lowest BCUT2D eigenvalue weighted by Gasteiger charge is -2.62. The van der Waals surface area contributed by atoms with E-state index in [0.29, 0.717) is 36.0 Å². The van der Waals surface area contributed by atoms with Crippen LogP contribution in [0.2, 0.25) is 0 Å². The number of carbonyl (C=O) groups is 4. The molecule has 4 rings (SSSR count). The number of aliphatic hydroxyl groups excluding tert-OH is 3. The Bertz CT molecular complexity index is 1180. The summed E-state index contributed by atoms with van der Waals surface area (Å²) in [6.07, 6.45) is -0.486. The number of hydrogen-bond donors (Lipinski definition) is 3. The number of Topliss-reactive ketones (excluding diaryl/α,β-unsaturated/α-hetero) is 2. The van der Waals surface area contributed by atoms with Crippen molar-refractivity contribution in [3.8, 4) is 0 Å². The number of ketones is 3. The minimum absolute atomic E-state index is 0.0212. The monoisotopic (exact) mass is 544 g/mol. The van der Waals surface area contributed by atoms with Gasteiger partial charge in [0.25, 0.3) is 0 Å². The summed E-state index contributed by atoms with van der Waals surface area (Å²) in [7, 11) is 1.26. The van der Waals surface area contributed by atoms with Crippen LogP contribution >= 0.6 is 0 Å². The molecule has 0 radical (unpaired) electrons. The van der Waals surface area contributed by atoms with Gasteiger partial charge >= 0.3 is 5.97 Å². The van der Waals surface area contributed by atoms with Crippen LogP contribution in [0.3, 0.4) is 0 Å². The molecule has 0 aromatic rings. The molecule has 0 aromatic heterocycles. The number of aliphatic hydroxyl groups is 3. The van der Waals surface area contributed by atoms with Crippen molar-refractivity contribution >= 4 is 23.3 Å². The third-order valence-corrected chi connectivity index (χ3v) is 11.5. The van der Waals surface area contributed by atoms with Gasteiger partial charge in [-0.05, 0) is 67.4 Å². The molecule has 3 N–H and O–H groups in total. The van der Waals surface area contributed by atoms with Gasteiger partial charge in [-0.3, -0.25) is 19.2 Å². The van der Waals surface area contributed by atoms with Gasteiger partial charge in [-0.2, -0.15) is 0 Å². The average molecular weight is 545 g/mol. The Morgan fingerprint density at radius 3 is 2.31 bits per heavy atom. The predicted molar refractivity (Wildman–Crippen MR) is 143 cm³/mol. The fourth-order valence-corrected chi connectivity index (χ4v) is 8.91. The van der Waals surface area contributed by atoms with Crippen LogP contribution in [0.25, 0.3) is 0 Å². The number of rotatable bonds is 5. The zero-order chi connectivity index (χ0) is 29.5. The molecule has 0 aliphatic heterocycles. The van der Waals surface area contributed by atoms with Crippen LogP contribution in [0.15, 0.2) is 22.8 Å². The van der Waals surface area contributed by atoms with Gasteiger partial charge in [-0.25, -0.2) is 0 Å². The number of ether oxygens (including phenoxy) is 1. The van der Waals surface area contributed by atoms with Crippen molar-refractivity contribution in [2.45, 2.75) is 98.9 Å². The van der Waals surface area contributed by atoms with E-state index in [-0.39, 0.29) is 30.3 Å². The fourth-order valence-electron chi connectivity index (χ4n) is 8.91. The van der Waals surface area contributed by atoms with E-state index in [1.807, 2.05) is 20.8 Å². The van der Waals surface area contributed by atoms with Crippen molar-refractivity contribution in [2.75, 3.05) is 7.11 Å². The van der Waals surface area contributed by atoms with Crippen LogP contribution < -0.4 is 0 Å². The first-order valence-electron chi connectivity index (χ1n) is 14.1. The molecular formula is C31H44O8. The first kappa shape index (κ1) is 29.8. The molecule has 0 aromatic carbocycles. The minimum atomic E-state index is -1.51. The quantitative estimate of drug-likeness (QED) is 0.355. The molecule has 0 amide bonds. The lowest BCUT2D eigenvalue weighted by Crippen LogP contribution is -2.64. The first-order chi connectivity index (χ1) is 17.9. The number of esters is 1. The second-order valence-corrected chi connectivity index (χ2v) is 13.7. The highest BCUT2D eigenvalue weighted by Gasteiger charge is 2.73. The van der Waals surface area contributed by atoms with E-state index in [9.17, 15) is 34.5 Å². The summed E-state index contributed by atoms with van der Waals surface area (Å²) in [4.78, 5) is 52.7. The normalized spacial score (nSPS) is 42.4. The summed E-state index contributed by atoms with van der Waals surface area (Å²) in [5.41, 5.74) is -2.53. The fraction of sp³-hybridized carbons (Fsp3) is 0.742. The maximum atomic E-state index is 14.2. The van der Waals surface area contributed by atoms with Crippen LogP contribution in [0, 0.1) is 39.4 Å². The molecule has 2 saturated carbocycles. The van der Waals surface area contributed by atoms with Gasteiger partial charge in [0, 0.05) is 23.8 Å². The molecule has 0 bridgehead atoms. The summed E-state index contributed by atoms with van der Waals surface area (Å²) >= 11 is 0. The van der Waals surface area contributed by atoms with Gasteiger partial charge in [0.05, 0.1) is 30.7 Å². The molecule has 8 nitrogen and oxygen atoms in total. The average Bonchev–Trinajstić information content (AvgIpc) is 3.07. The molecule has 4 aliphatic rings. The number of hydrogen-bond acceptors (Lipinski definition) is 8. The molecule has 4 aliphatic carbocycles. The van der Waals surface area contributed by atoms with Gasteiger partial charge in [0.15, 0.2) is 11.6 Å². The molecule has 1 unspecified atom stereocenters. The van der Waals surface area contributed by atoms with Gasteiger partial charge in [0.2, 0.25) is 0 Å². The van der Waals surface area contributed by atoms with Crippen molar-refractivity contribution in [1.82, 2.24) is 0 Å². The highest BCUT2D eigenvalue weighted by atomic mass is 16.5. The number of allylic oxidation sites excluding steroid dienone is 2. The molecule has 9 atom stereocenters. The van der Waals surface area contributed by atoms with E-state index in [4.69, 9.17) is 4.74 Å². The molecule has 8 heteroatoms. The number of carbonyl (C=O) groups excluding carboxylic acids is 4. The zero-order valence-corrected chi connectivity index (χ0v) is 24.5. The molecular weight excluding hydrogens is 500 g/mol. The SMILES string of the molecule is COC(=O)C(C)CC(=O)C=C(C)[C@H]1CC(=O)[C@@]2(C)C3=C(C(=O)[C@H](O)[C@]12C)[C@@]1(C)CC[C@H](O)C(C)(C)[C@@H]1C[C@@H]3O. The highest BCUT2D eigenvalue weighted by Crippen LogP contribution is 2.70. The smallest absolute Gasteiger partial charge is 0.308 e. The molecule has 0 heterocycles. The van der Waals surface area contributed by atoms with Crippen molar-refractivity contribution in [3.05, 3.63) is 22.8 Å². The van der Waals surface area contributed by atoms with E-state index in [1.54, 1.807) is 27.7 Å². The van der Waals surface area contributed by atoms with E-state index < -0.39 is 63.6 Å². The third-order valence-electron chi connectivity index (χ3n) is 11.5. The summed E-state index contributed by atoms with van der Waals surface area (Å²) in [6.45, 7) is 12.7. The Morgan fingerprint density at radius 1 is 1.10 bits per heavy atom. The second-order valence-electron chi connectivity index (χ2n) is 13.7. The van der Waals surface area contributed by atoms with Crippen molar-refractivity contribution < 1.29 is 39.2 Å². The highest BCUT2D eigenvalue weighted by molar-refractivity contribution is 6.08. The van der Waals surface area contributed by atoms with E-state index >= 15 is 0 Å². The van der Waals surface area contributed by atoms with Crippen LogP contribution in [0.5, 0.6) is 0 Å². The van der Waals surface area contributed by atoms with E-state index in [2.05, 4.69) is 0 Å². The maximum absolute atomic E-state index is 14.2. The second kappa shape index (κ2) is 9.45. The van der Waals surface area contributed by atoms with Crippen LogP contribution in [0.1, 0.15) is 80.6 Å². The van der Waals surface area contributed by atoms with E-state index in [0.717, 1.165) is 0 Å². The Balaban J connectivity index is 1.82. The standard InChI is InChI=1S/C31H44O8/c1-15(11-17(32)12-16(2)27(38)39-8)18-13-22(35)31(7)23-19(33)14-20-28(3,4)21(34)9-10-29(20,5)24(23)25(36)26(37)30(18,31)6/h11,16,18-21,26,33-34,37H,9-10,12-14H2,1-8H3/t16?,18-,19+,20+,21+,26+,29+,30+,31+/m1/s1. The molecule has 2 fully saturated rings. The van der Waals surface area contributed by atoms with Gasteiger partial charge in [0.1, 0.15) is 11.9 Å². The van der Waals surface area contributed by atoms with Crippen molar-refractivity contribution in [2.24, 2.45) is 39.4 Å². The largest absolute Gasteiger partial charge is 0.469 e. The lowest BCUT2D eigenvalue weighted by molar-refractivity contribution is -0.156. The zero-order valence-electron chi connectivity index (χ0n) is 24.5. The Morgan fingerprint density at radius 2 is 1.72 bits per heavy atom. The Hall–Kier alpha value is -2.16.